The van der Waals surface area contributed by atoms with Gasteiger partial charge in [-0.25, -0.2) is 0 Å². The van der Waals surface area contributed by atoms with E-state index in [2.05, 4.69) is 21.3 Å². The van der Waals surface area contributed by atoms with Crippen LogP contribution in [0, 0.1) is 0 Å². The van der Waals surface area contributed by atoms with Crippen LogP contribution in [0.25, 0.3) is 0 Å². The molecule has 26 N–H and O–H groups in total. The van der Waals surface area contributed by atoms with Crippen molar-refractivity contribution in [2.24, 2.45) is 0 Å². The number of hydrogen-bond donors (Lipinski definition) is 26. The highest BCUT2D eigenvalue weighted by Crippen LogP contribution is 2.39. The number of ether oxygens (including phenoxy) is 15. The van der Waals surface area contributed by atoms with Gasteiger partial charge in [0, 0.05) is 27.7 Å². The first-order valence-corrected chi connectivity index (χ1v) is 32.1. The van der Waals surface area contributed by atoms with Crippen molar-refractivity contribution in [1.82, 2.24) is 21.3 Å². The van der Waals surface area contributed by atoms with Crippen LogP contribution < -0.4 is 21.3 Å². The summed E-state index contributed by atoms with van der Waals surface area (Å²) in [7, 11) is 0. The SMILES string of the molecule is CC(=O)N[C@H]1[C@H](O[C@H]2[C@H](O)[C@@H](O)[C@H](O[C@H]3[C@H](O)[C@@H](CO)O[C@@H](O[C@H]4[C@H](O)[C@@H](O)[C@H](O[C@H]5[C@H](O)[C@@H](CO)O[C@@H](O[C@H]6[C@H](O)[C@@H](O)[C@H](O[C@H]7[C@H](O)[C@@H](CO)OC(O)[C@@H]7NC(C)=O)O[C@@H]6CO)[C@@H]5NC(C)=O)O[C@@H]4CO)[C@@H]3NC(C)=O)O[C@@H]2CO)O[C@H](CO)[C@@H](O)[C@@H]1O[C@@H]1O[C@H](CO)[C@@H](O)[C@H](O)[C@H]1O. The van der Waals surface area contributed by atoms with Crippen LogP contribution in [0.4, 0.5) is 0 Å². The molecule has 0 radical (unpaired) electrons. The molecule has 8 saturated heterocycles. The summed E-state index contributed by atoms with van der Waals surface area (Å²) in [4.78, 5) is 50.7. The highest BCUT2D eigenvalue weighted by atomic mass is 16.8. The molecule has 0 aromatic carbocycles. The van der Waals surface area contributed by atoms with Crippen LogP contribution in [0.3, 0.4) is 0 Å². The molecule has 8 aliphatic rings. The van der Waals surface area contributed by atoms with Crippen LogP contribution in [0.5, 0.6) is 0 Å². The first-order chi connectivity index (χ1) is 47.8. The van der Waals surface area contributed by atoms with Gasteiger partial charge in [-0.1, -0.05) is 0 Å². The van der Waals surface area contributed by atoms with Crippen molar-refractivity contribution in [3.63, 3.8) is 0 Å². The highest BCUT2D eigenvalue weighted by Gasteiger charge is 2.60. The molecule has 584 valence electrons. The Morgan fingerprint density at radius 1 is 0.238 bits per heavy atom. The molecule has 0 spiro atoms. The summed E-state index contributed by atoms with van der Waals surface area (Å²) in [5.41, 5.74) is 0. The van der Waals surface area contributed by atoms with Crippen molar-refractivity contribution < 1.29 is 203 Å². The average Bonchev–Trinajstić information content (AvgIpc) is 0.772. The predicted octanol–water partition coefficient (Wildman–Crippen LogP) is -17.9. The van der Waals surface area contributed by atoms with Crippen LogP contribution >= 0.6 is 0 Å². The van der Waals surface area contributed by atoms with E-state index in [0.29, 0.717) is 0 Å². The molecule has 0 aromatic rings. The second-order valence-electron chi connectivity index (χ2n) is 25.3. The quantitative estimate of drug-likeness (QED) is 0.0382. The zero-order valence-corrected chi connectivity index (χ0v) is 54.3. The fourth-order valence-corrected chi connectivity index (χ4v) is 13.1. The number of rotatable bonds is 26. The topological polar surface area (TPSA) is 700 Å². The lowest BCUT2D eigenvalue weighted by Gasteiger charge is -2.51. The van der Waals surface area contributed by atoms with Crippen LogP contribution in [-0.4, -0.2) is 434 Å². The van der Waals surface area contributed by atoms with Crippen molar-refractivity contribution in [3.8, 4) is 0 Å². The van der Waals surface area contributed by atoms with Gasteiger partial charge in [0.25, 0.3) is 0 Å². The largest absolute Gasteiger partial charge is 0.394 e. The number of aliphatic hydroxyl groups excluding tert-OH is 22. The van der Waals surface area contributed by atoms with E-state index in [0.717, 1.165) is 27.7 Å². The van der Waals surface area contributed by atoms with E-state index in [1.807, 2.05) is 0 Å². The molecule has 0 aromatic heterocycles. The maximum absolute atomic E-state index is 13.0. The van der Waals surface area contributed by atoms with E-state index in [4.69, 9.17) is 71.1 Å². The van der Waals surface area contributed by atoms with Gasteiger partial charge in [0.1, 0.15) is 195 Å². The van der Waals surface area contributed by atoms with Gasteiger partial charge in [0.05, 0.1) is 52.9 Å². The molecule has 45 nitrogen and oxygen atoms in total. The molecule has 40 atom stereocenters. The van der Waals surface area contributed by atoms with Crippen molar-refractivity contribution in [2.45, 2.75) is 273 Å². The minimum Gasteiger partial charge on any atom is -0.394 e. The minimum absolute atomic E-state index is 0.754. The second-order valence-corrected chi connectivity index (χ2v) is 25.3. The van der Waals surface area contributed by atoms with Gasteiger partial charge in [0.15, 0.2) is 50.3 Å². The van der Waals surface area contributed by atoms with E-state index >= 15 is 0 Å². The number of amides is 4. The van der Waals surface area contributed by atoms with E-state index in [-0.39, 0.29) is 0 Å². The first-order valence-electron chi connectivity index (χ1n) is 32.1. The Labute approximate surface area is 572 Å². The Kier molecular flexibility index (Phi) is 29.9. The standard InChI is InChI=1S/C56H94N4O41/c1-13(69)57-25-45(30(74)18(6-62)87-49(25)86)98-54-39(83)35(79)42(22(10-66)92-54)95-51-27(59-15(3)71)47(32(76)20(8-64)89-51)100-56-41(85)37(81)44(24(12-68)94-56)97-52-28(60-16(4)72)48(33(77)21(9-65)90-52)101-55-40(84)36(80)43(23(11-67)93-55)96-50-26(58-14(2)70)46(31(75)19(7-63)88-50)99-53-38(82)34(78)29(73)17(5-61)91-53/h17-56,61-68,73-86H,5-12H2,1-4H3,(H,57,69)(H,58,70)(H,59,71)(H,60,72)/t17-,18-,19-,20-,21-,22-,23-,24-,25-,26-,27-,28-,29-,30-,31-,32-,33-,34+,35-,36-,37-,38-,39-,40-,41-,42-,43-,44-,45-,46-,47-,48-,49?,50+,51+,52+,53+,54+,55+,56+/m1/s1. The summed E-state index contributed by atoms with van der Waals surface area (Å²) in [5, 5.41) is 251. The monoisotopic (exact) mass is 1480 g/mol. The minimum atomic E-state index is -2.37. The summed E-state index contributed by atoms with van der Waals surface area (Å²) in [6, 6.07) is -7.05. The van der Waals surface area contributed by atoms with E-state index < -0.39 is 322 Å². The molecule has 8 rings (SSSR count). The third-order valence-electron chi connectivity index (χ3n) is 18.3. The lowest BCUT2D eigenvalue weighted by molar-refractivity contribution is -0.385. The predicted molar refractivity (Wildman–Crippen MR) is 311 cm³/mol. The zero-order chi connectivity index (χ0) is 74.5. The smallest absolute Gasteiger partial charge is 0.217 e. The first kappa shape index (κ1) is 83.0. The number of nitrogens with one attached hydrogen (secondary N) is 4. The molecule has 1 unspecified atom stereocenters. The summed E-state index contributed by atoms with van der Waals surface area (Å²) in [6.07, 6.45) is -71.2. The third-order valence-corrected chi connectivity index (χ3v) is 18.3. The third kappa shape index (κ3) is 18.3. The van der Waals surface area contributed by atoms with Gasteiger partial charge < -0.3 is 205 Å². The van der Waals surface area contributed by atoms with Crippen molar-refractivity contribution in [2.75, 3.05) is 52.9 Å². The Hall–Kier alpha value is -3.60. The zero-order valence-electron chi connectivity index (χ0n) is 54.3. The second kappa shape index (κ2) is 36.3. The molecule has 4 amide bonds. The normalized spacial score (nSPS) is 48.3. The molecule has 0 bridgehead atoms. The van der Waals surface area contributed by atoms with E-state index in [9.17, 15) is 132 Å². The Bertz CT molecular complexity index is 2630. The number of carbonyl (C=O) groups excluding carboxylic acids is 4. The number of hydrogen-bond acceptors (Lipinski definition) is 41. The fraction of sp³-hybridized carbons (Fsp3) is 0.929. The Morgan fingerprint density at radius 3 is 0.693 bits per heavy atom. The van der Waals surface area contributed by atoms with Crippen molar-refractivity contribution in [3.05, 3.63) is 0 Å². The fourth-order valence-electron chi connectivity index (χ4n) is 13.1. The lowest BCUT2D eigenvalue weighted by atomic mass is 9.93. The molecular formula is C56H94N4O41. The maximum Gasteiger partial charge on any atom is 0.217 e. The molecule has 8 fully saturated rings. The molecule has 45 heteroatoms. The summed E-state index contributed by atoms with van der Waals surface area (Å²) < 4.78 is 87.4. The van der Waals surface area contributed by atoms with Crippen LogP contribution in [0.2, 0.25) is 0 Å². The van der Waals surface area contributed by atoms with E-state index in [1.165, 1.54) is 0 Å². The number of carbonyl (C=O) groups is 4. The van der Waals surface area contributed by atoms with Crippen molar-refractivity contribution in [1.29, 1.82) is 0 Å². The highest BCUT2D eigenvalue weighted by molar-refractivity contribution is 5.74. The molecule has 8 heterocycles. The Morgan fingerprint density at radius 2 is 0.436 bits per heavy atom. The van der Waals surface area contributed by atoms with E-state index in [1.54, 1.807) is 0 Å². The summed E-state index contributed by atoms with van der Waals surface area (Å²) in [5.74, 6) is -3.45. The Balaban J connectivity index is 0.981. The summed E-state index contributed by atoms with van der Waals surface area (Å²) >= 11 is 0. The molecular weight excluding hydrogens is 1380 g/mol. The molecule has 0 saturated carbocycles. The van der Waals surface area contributed by atoms with Gasteiger partial charge >= 0.3 is 0 Å². The van der Waals surface area contributed by atoms with Crippen LogP contribution in [0.1, 0.15) is 27.7 Å². The number of aliphatic hydroxyl groups is 22. The molecule has 101 heavy (non-hydrogen) atoms. The van der Waals surface area contributed by atoms with Gasteiger partial charge in [-0.15, -0.1) is 0 Å². The van der Waals surface area contributed by atoms with Crippen molar-refractivity contribution >= 4 is 23.6 Å². The lowest BCUT2D eigenvalue weighted by Crippen LogP contribution is -2.71. The summed E-state index contributed by atoms with van der Waals surface area (Å²) in [6.45, 7) is -4.36. The molecule has 0 aliphatic carbocycles. The van der Waals surface area contributed by atoms with Crippen LogP contribution in [0.15, 0.2) is 0 Å². The molecule has 8 aliphatic heterocycles. The van der Waals surface area contributed by atoms with Gasteiger partial charge in [-0.05, 0) is 0 Å². The van der Waals surface area contributed by atoms with Gasteiger partial charge in [0.2, 0.25) is 23.6 Å². The van der Waals surface area contributed by atoms with Crippen LogP contribution in [-0.2, 0) is 90.2 Å². The maximum atomic E-state index is 13.0. The van der Waals surface area contributed by atoms with Gasteiger partial charge in [-0.2, -0.15) is 0 Å². The van der Waals surface area contributed by atoms with Gasteiger partial charge in [-0.3, -0.25) is 19.2 Å². The average molecular weight is 1480 g/mol.